The van der Waals surface area contributed by atoms with Crippen molar-refractivity contribution >= 4 is 46.9 Å². The number of esters is 3. The second-order valence-corrected chi connectivity index (χ2v) is 11.6. The van der Waals surface area contributed by atoms with Gasteiger partial charge < -0.3 is 29.6 Å². The fraction of sp³-hybridized carbons (Fsp3) is 0.250. The highest BCUT2D eigenvalue weighted by molar-refractivity contribution is 6.06. The Hall–Kier alpha value is -6.14. The number of ketones is 1. The molecule has 0 fully saturated rings. The van der Waals surface area contributed by atoms with E-state index in [-0.39, 0.29) is 36.4 Å². The van der Waals surface area contributed by atoms with E-state index in [0.29, 0.717) is 71.7 Å². The number of rotatable bonds is 18. The first-order chi connectivity index (χ1) is 25.1. The average Bonchev–Trinajstić information content (AvgIpc) is 3.16. The SMILES string of the molecule is COCCCCOC(=O)c1ccc(C(=O)OCCCCOC(=O)c2ccc(C(=O)Nc3ccc(NC(=O)c4ccc(C(C)=O)cc4)cc3)cc2)cc1. The Bertz CT molecular complexity index is 1840. The minimum atomic E-state index is -0.551. The number of benzene rings is 4. The summed E-state index contributed by atoms with van der Waals surface area (Å²) in [4.78, 5) is 73.6. The van der Waals surface area contributed by atoms with Crippen LogP contribution < -0.4 is 10.6 Å². The first-order valence-electron chi connectivity index (χ1n) is 16.7. The standard InChI is InChI=1S/C40H40N2O10/c1-27(43)28-7-9-29(10-8-28)36(44)41-34-19-21-35(22-20-34)42-37(45)30-11-13-31(14-12-30)38(46)51-25-5-6-26-52-40(48)33-17-15-32(16-18-33)39(47)50-24-4-3-23-49-2/h7-22H,3-6,23-26H2,1-2H3,(H,41,44)(H,42,45). The summed E-state index contributed by atoms with van der Waals surface area (Å²) in [6.07, 6.45) is 2.42. The van der Waals surface area contributed by atoms with Crippen LogP contribution in [0.3, 0.4) is 0 Å². The van der Waals surface area contributed by atoms with Gasteiger partial charge in [0, 0.05) is 41.8 Å². The van der Waals surface area contributed by atoms with Crippen molar-refractivity contribution in [2.45, 2.75) is 32.6 Å². The van der Waals surface area contributed by atoms with Crippen LogP contribution in [0.2, 0.25) is 0 Å². The average molecular weight is 709 g/mol. The summed E-state index contributed by atoms with van der Waals surface area (Å²) in [5, 5.41) is 5.54. The monoisotopic (exact) mass is 708 g/mol. The Morgan fingerprint density at radius 3 is 1.02 bits per heavy atom. The molecule has 0 saturated carbocycles. The van der Waals surface area contributed by atoms with Crippen molar-refractivity contribution in [3.05, 3.63) is 130 Å². The van der Waals surface area contributed by atoms with Gasteiger partial charge in [0.2, 0.25) is 0 Å². The van der Waals surface area contributed by atoms with Crippen molar-refractivity contribution in [1.29, 1.82) is 0 Å². The van der Waals surface area contributed by atoms with Gasteiger partial charge in [-0.2, -0.15) is 0 Å². The molecule has 0 aliphatic rings. The Morgan fingerprint density at radius 2 is 0.712 bits per heavy atom. The van der Waals surface area contributed by atoms with Gasteiger partial charge in [-0.15, -0.1) is 0 Å². The maximum atomic E-state index is 12.8. The van der Waals surface area contributed by atoms with Crippen molar-refractivity contribution in [3.8, 4) is 0 Å². The molecule has 0 aromatic heterocycles. The lowest BCUT2D eigenvalue weighted by molar-refractivity contribution is 0.0432. The van der Waals surface area contributed by atoms with Crippen LogP contribution in [0.5, 0.6) is 0 Å². The topological polar surface area (TPSA) is 163 Å². The number of methoxy groups -OCH3 is 1. The van der Waals surface area contributed by atoms with Crippen molar-refractivity contribution in [3.63, 3.8) is 0 Å². The quantitative estimate of drug-likeness (QED) is 0.0488. The van der Waals surface area contributed by atoms with Crippen LogP contribution in [0, 0.1) is 0 Å². The number of hydrogen-bond acceptors (Lipinski definition) is 10. The number of carbonyl (C=O) groups excluding carboxylic acids is 6. The van der Waals surface area contributed by atoms with Crippen molar-refractivity contribution in [2.24, 2.45) is 0 Å². The normalized spacial score (nSPS) is 10.5. The molecule has 0 heterocycles. The highest BCUT2D eigenvalue weighted by Crippen LogP contribution is 2.17. The van der Waals surface area contributed by atoms with Crippen LogP contribution in [0.15, 0.2) is 97.1 Å². The molecule has 2 N–H and O–H groups in total. The molecule has 12 heteroatoms. The van der Waals surface area contributed by atoms with Gasteiger partial charge in [0.25, 0.3) is 11.8 Å². The molecule has 52 heavy (non-hydrogen) atoms. The number of nitrogens with one attached hydrogen (secondary N) is 2. The highest BCUT2D eigenvalue weighted by Gasteiger charge is 2.13. The summed E-state index contributed by atoms with van der Waals surface area (Å²) in [5.74, 6) is -2.36. The van der Waals surface area contributed by atoms with Crippen LogP contribution >= 0.6 is 0 Å². The molecule has 0 unspecified atom stereocenters. The summed E-state index contributed by atoms with van der Waals surface area (Å²) in [6, 6.07) is 25.0. The summed E-state index contributed by atoms with van der Waals surface area (Å²) >= 11 is 0. The Balaban J connectivity index is 1.12. The Morgan fingerprint density at radius 1 is 0.423 bits per heavy atom. The summed E-state index contributed by atoms with van der Waals surface area (Å²) in [6.45, 7) is 2.59. The van der Waals surface area contributed by atoms with Crippen LogP contribution in [0.4, 0.5) is 11.4 Å². The molecular formula is C40H40N2O10. The van der Waals surface area contributed by atoms with Crippen LogP contribution in [-0.2, 0) is 18.9 Å². The zero-order chi connectivity index (χ0) is 37.3. The minimum Gasteiger partial charge on any atom is -0.462 e. The third-order valence-electron chi connectivity index (χ3n) is 7.67. The van der Waals surface area contributed by atoms with Crippen LogP contribution in [0.1, 0.15) is 94.8 Å². The van der Waals surface area contributed by atoms with Gasteiger partial charge >= 0.3 is 17.9 Å². The number of hydrogen-bond donors (Lipinski definition) is 2. The molecule has 0 saturated heterocycles. The Labute approximate surface area is 301 Å². The molecule has 270 valence electrons. The highest BCUT2D eigenvalue weighted by atomic mass is 16.5. The van der Waals surface area contributed by atoms with Crippen molar-refractivity contribution in [1.82, 2.24) is 0 Å². The van der Waals surface area contributed by atoms with E-state index in [2.05, 4.69) is 10.6 Å². The summed E-state index contributed by atoms with van der Waals surface area (Å²) in [7, 11) is 1.61. The third-order valence-corrected chi connectivity index (χ3v) is 7.67. The van der Waals surface area contributed by atoms with Gasteiger partial charge in [-0.05, 0) is 118 Å². The van der Waals surface area contributed by atoms with Crippen molar-refractivity contribution < 1.29 is 47.7 Å². The predicted molar refractivity (Wildman–Crippen MR) is 193 cm³/mol. The largest absolute Gasteiger partial charge is 0.462 e. The lowest BCUT2D eigenvalue weighted by atomic mass is 10.1. The van der Waals surface area contributed by atoms with Crippen LogP contribution in [0.25, 0.3) is 0 Å². The number of ether oxygens (including phenoxy) is 4. The van der Waals surface area contributed by atoms with Crippen molar-refractivity contribution in [2.75, 3.05) is 44.2 Å². The second-order valence-electron chi connectivity index (χ2n) is 11.6. The molecule has 0 aliphatic heterocycles. The summed E-state index contributed by atoms with van der Waals surface area (Å²) in [5.41, 5.74) is 3.19. The maximum absolute atomic E-state index is 12.8. The van der Waals surface area contributed by atoms with Gasteiger partial charge in [0.05, 0.1) is 36.5 Å². The van der Waals surface area contributed by atoms with E-state index in [9.17, 15) is 28.8 Å². The number of amides is 2. The predicted octanol–water partition coefficient (Wildman–Crippen LogP) is 6.77. The smallest absolute Gasteiger partial charge is 0.338 e. The molecule has 12 nitrogen and oxygen atoms in total. The number of Topliss-reactive ketones (excluding diaryl/α,β-unsaturated/α-hetero) is 1. The van der Waals surface area contributed by atoms with Gasteiger partial charge in [-0.25, -0.2) is 14.4 Å². The van der Waals surface area contributed by atoms with Crippen LogP contribution in [-0.4, -0.2) is 69.0 Å². The van der Waals surface area contributed by atoms with E-state index in [1.54, 1.807) is 55.6 Å². The van der Waals surface area contributed by atoms with E-state index in [4.69, 9.17) is 18.9 Å². The minimum absolute atomic E-state index is 0.0848. The lowest BCUT2D eigenvalue weighted by Crippen LogP contribution is -2.14. The molecule has 0 spiro atoms. The number of unbranched alkanes of at least 4 members (excludes halogenated alkanes) is 2. The zero-order valence-electron chi connectivity index (χ0n) is 29.0. The maximum Gasteiger partial charge on any atom is 0.338 e. The van der Waals surface area contributed by atoms with Gasteiger partial charge in [-0.3, -0.25) is 14.4 Å². The summed E-state index contributed by atoms with van der Waals surface area (Å²) < 4.78 is 20.7. The fourth-order valence-electron chi connectivity index (χ4n) is 4.70. The second kappa shape index (κ2) is 19.9. The lowest BCUT2D eigenvalue weighted by Gasteiger charge is -2.09. The fourth-order valence-corrected chi connectivity index (χ4v) is 4.70. The first-order valence-corrected chi connectivity index (χ1v) is 16.7. The van der Waals surface area contributed by atoms with Gasteiger partial charge in [0.15, 0.2) is 5.78 Å². The van der Waals surface area contributed by atoms with Gasteiger partial charge in [-0.1, -0.05) is 12.1 Å². The third kappa shape index (κ3) is 12.0. The van der Waals surface area contributed by atoms with E-state index in [1.807, 2.05) is 0 Å². The molecular weight excluding hydrogens is 668 g/mol. The zero-order valence-corrected chi connectivity index (χ0v) is 29.0. The van der Waals surface area contributed by atoms with E-state index >= 15 is 0 Å². The Kier molecular flexibility index (Phi) is 14.8. The molecule has 4 aromatic rings. The molecule has 2 amide bonds. The van der Waals surface area contributed by atoms with Gasteiger partial charge in [0.1, 0.15) is 0 Å². The molecule has 0 radical (unpaired) electrons. The molecule has 4 aromatic carbocycles. The van der Waals surface area contributed by atoms with E-state index < -0.39 is 17.9 Å². The molecule has 0 bridgehead atoms. The number of anilines is 2. The molecule has 4 rings (SSSR count). The van der Waals surface area contributed by atoms with E-state index in [0.717, 1.165) is 6.42 Å². The number of carbonyl (C=O) groups is 6. The van der Waals surface area contributed by atoms with E-state index in [1.165, 1.54) is 55.5 Å². The molecule has 0 aliphatic carbocycles. The molecule has 0 atom stereocenters. The first kappa shape index (κ1) is 38.7.